The first-order chi connectivity index (χ1) is 14.9. The van der Waals surface area contributed by atoms with Gasteiger partial charge in [-0.05, 0) is 66.8 Å². The van der Waals surface area contributed by atoms with Crippen molar-refractivity contribution in [3.63, 3.8) is 0 Å². The molecule has 3 rings (SSSR count). The molecule has 1 aliphatic rings. The molecule has 1 saturated carbocycles. The number of benzene rings is 2. The number of carbonyl (C=O) groups is 1. The summed E-state index contributed by atoms with van der Waals surface area (Å²) in [4.78, 5) is 12.3. The van der Waals surface area contributed by atoms with Gasteiger partial charge in [0.2, 0.25) is 0 Å². The molecule has 0 spiro atoms. The average molecular weight is 426 g/mol. The van der Waals surface area contributed by atoms with Crippen molar-refractivity contribution in [2.75, 3.05) is 0 Å². The molecule has 0 amide bonds. The normalized spacial score (nSPS) is 19.5. The smallest absolute Gasteiger partial charge is 0.346 e. The molecule has 1 fully saturated rings. The minimum absolute atomic E-state index is 0.0720. The molecule has 0 heterocycles. The van der Waals surface area contributed by atoms with Crippen molar-refractivity contribution < 1.29 is 18.3 Å². The SMILES string of the molecule is CCCC1CCC(C(C)Cc2ccc(C(=O)Oc3ccc(C#N)c(F)c3)c(F)c2)CC1. The summed E-state index contributed by atoms with van der Waals surface area (Å²) in [5.74, 6) is -0.418. The van der Waals surface area contributed by atoms with Crippen molar-refractivity contribution in [3.05, 3.63) is 64.7 Å². The number of ether oxygens (including phenoxy) is 1. The molecule has 1 aliphatic carbocycles. The van der Waals surface area contributed by atoms with Crippen LogP contribution in [-0.4, -0.2) is 5.97 Å². The minimum atomic E-state index is -0.893. The highest BCUT2D eigenvalue weighted by atomic mass is 19.1. The number of carbonyl (C=O) groups excluding carboxylic acids is 1. The Morgan fingerprint density at radius 1 is 1.13 bits per heavy atom. The summed E-state index contributed by atoms with van der Waals surface area (Å²) in [5.41, 5.74) is 0.520. The summed E-state index contributed by atoms with van der Waals surface area (Å²) in [5, 5.41) is 8.76. The van der Waals surface area contributed by atoms with Crippen molar-refractivity contribution >= 4 is 5.97 Å². The lowest BCUT2D eigenvalue weighted by Gasteiger charge is -2.32. The molecule has 0 saturated heterocycles. The number of esters is 1. The highest BCUT2D eigenvalue weighted by Gasteiger charge is 2.25. The third-order valence-corrected chi connectivity index (χ3v) is 6.48. The molecule has 0 N–H and O–H groups in total. The number of rotatable bonds is 7. The van der Waals surface area contributed by atoms with E-state index in [0.717, 1.165) is 24.0 Å². The van der Waals surface area contributed by atoms with Gasteiger partial charge in [-0.15, -0.1) is 0 Å². The number of nitrogens with zero attached hydrogens (tertiary/aromatic N) is 1. The van der Waals surface area contributed by atoms with Crippen LogP contribution in [0.4, 0.5) is 8.78 Å². The largest absolute Gasteiger partial charge is 0.423 e. The van der Waals surface area contributed by atoms with E-state index in [1.807, 2.05) is 0 Å². The zero-order valence-electron chi connectivity index (χ0n) is 18.2. The summed E-state index contributed by atoms with van der Waals surface area (Å²) in [7, 11) is 0. The molecule has 0 aromatic heterocycles. The van der Waals surface area contributed by atoms with Gasteiger partial charge >= 0.3 is 5.97 Å². The van der Waals surface area contributed by atoms with Crippen molar-refractivity contribution in [2.45, 2.75) is 58.8 Å². The Balaban J connectivity index is 1.60. The van der Waals surface area contributed by atoms with E-state index in [-0.39, 0.29) is 16.9 Å². The maximum absolute atomic E-state index is 14.6. The Labute approximate surface area is 183 Å². The second-order valence-electron chi connectivity index (χ2n) is 8.71. The van der Waals surface area contributed by atoms with Crippen LogP contribution in [0.25, 0.3) is 0 Å². The van der Waals surface area contributed by atoms with Crippen molar-refractivity contribution in [1.82, 2.24) is 0 Å². The zero-order chi connectivity index (χ0) is 22.4. The van der Waals surface area contributed by atoms with Crippen LogP contribution in [-0.2, 0) is 6.42 Å². The molecule has 31 heavy (non-hydrogen) atoms. The number of halogens is 2. The van der Waals surface area contributed by atoms with Crippen LogP contribution < -0.4 is 4.74 Å². The van der Waals surface area contributed by atoms with Crippen LogP contribution in [0.1, 0.15) is 73.9 Å². The van der Waals surface area contributed by atoms with E-state index in [1.165, 1.54) is 62.8 Å². The maximum Gasteiger partial charge on any atom is 0.346 e. The molecule has 1 atom stereocenters. The Kier molecular flexibility index (Phi) is 7.79. The quantitative estimate of drug-likeness (QED) is 0.360. The summed E-state index contributed by atoms with van der Waals surface area (Å²) >= 11 is 0. The first-order valence-electron chi connectivity index (χ1n) is 11.1. The van der Waals surface area contributed by atoms with Crippen LogP contribution in [0.2, 0.25) is 0 Å². The van der Waals surface area contributed by atoms with Gasteiger partial charge in [0.1, 0.15) is 23.5 Å². The molecule has 5 heteroatoms. The third kappa shape index (κ3) is 5.91. The Morgan fingerprint density at radius 2 is 1.87 bits per heavy atom. The number of hydrogen-bond donors (Lipinski definition) is 0. The lowest BCUT2D eigenvalue weighted by Crippen LogP contribution is -2.21. The van der Waals surface area contributed by atoms with Gasteiger partial charge < -0.3 is 4.74 Å². The Hall–Kier alpha value is -2.74. The summed E-state index contributed by atoms with van der Waals surface area (Å²) in [6, 6.07) is 9.75. The first-order valence-corrected chi connectivity index (χ1v) is 11.1. The van der Waals surface area contributed by atoms with Gasteiger partial charge in [0, 0.05) is 6.07 Å². The predicted molar refractivity (Wildman–Crippen MR) is 116 cm³/mol. The standard InChI is InChI=1S/C26H29F2NO2/c1-3-4-18-5-8-20(9-6-18)17(2)13-19-7-12-23(25(28)14-19)26(30)31-22-11-10-21(16-29)24(27)15-22/h7,10-12,14-15,17-18,20H,3-6,8-9,13H2,1-2H3. The fraction of sp³-hybridized carbons (Fsp3) is 0.462. The van der Waals surface area contributed by atoms with Crippen molar-refractivity contribution in [1.29, 1.82) is 5.26 Å². The van der Waals surface area contributed by atoms with E-state index in [4.69, 9.17) is 10.00 Å². The zero-order valence-corrected chi connectivity index (χ0v) is 18.2. The van der Waals surface area contributed by atoms with E-state index in [2.05, 4.69) is 13.8 Å². The van der Waals surface area contributed by atoms with Gasteiger partial charge in [-0.1, -0.05) is 45.6 Å². The fourth-order valence-electron chi connectivity index (χ4n) is 4.66. The lowest BCUT2D eigenvalue weighted by atomic mass is 9.74. The molecule has 164 valence electrons. The monoisotopic (exact) mass is 425 g/mol. The van der Waals surface area contributed by atoms with E-state index >= 15 is 0 Å². The van der Waals surface area contributed by atoms with Gasteiger partial charge in [0.25, 0.3) is 0 Å². The predicted octanol–water partition coefficient (Wildman–Crippen LogP) is 6.84. The van der Waals surface area contributed by atoms with E-state index in [0.29, 0.717) is 11.8 Å². The van der Waals surface area contributed by atoms with E-state index in [1.54, 1.807) is 12.1 Å². The third-order valence-electron chi connectivity index (χ3n) is 6.48. The van der Waals surface area contributed by atoms with Gasteiger partial charge in [-0.25, -0.2) is 13.6 Å². The molecule has 0 radical (unpaired) electrons. The lowest BCUT2D eigenvalue weighted by molar-refractivity contribution is 0.0729. The van der Waals surface area contributed by atoms with E-state index < -0.39 is 17.6 Å². The highest BCUT2D eigenvalue weighted by molar-refractivity contribution is 5.91. The Bertz CT molecular complexity index is 958. The molecule has 2 aromatic carbocycles. The summed E-state index contributed by atoms with van der Waals surface area (Å²) in [6.07, 6.45) is 8.39. The van der Waals surface area contributed by atoms with Crippen LogP contribution in [0.5, 0.6) is 5.75 Å². The molecule has 1 unspecified atom stereocenters. The molecular formula is C26H29F2NO2. The second kappa shape index (κ2) is 10.5. The molecule has 0 aliphatic heterocycles. The fourth-order valence-corrected chi connectivity index (χ4v) is 4.66. The number of hydrogen-bond acceptors (Lipinski definition) is 3. The molecule has 2 aromatic rings. The van der Waals surface area contributed by atoms with Gasteiger partial charge in [0.15, 0.2) is 0 Å². The maximum atomic E-state index is 14.6. The van der Waals surface area contributed by atoms with Crippen molar-refractivity contribution in [2.24, 2.45) is 17.8 Å². The summed E-state index contributed by atoms with van der Waals surface area (Å²) in [6.45, 7) is 4.47. The van der Waals surface area contributed by atoms with Crippen molar-refractivity contribution in [3.8, 4) is 11.8 Å². The van der Waals surface area contributed by atoms with Crippen LogP contribution in [0.15, 0.2) is 36.4 Å². The van der Waals surface area contributed by atoms with E-state index in [9.17, 15) is 13.6 Å². The molecule has 3 nitrogen and oxygen atoms in total. The first kappa shape index (κ1) is 22.9. The minimum Gasteiger partial charge on any atom is -0.423 e. The molecule has 0 bridgehead atoms. The van der Waals surface area contributed by atoms with Gasteiger partial charge in [-0.3, -0.25) is 0 Å². The number of nitriles is 1. The van der Waals surface area contributed by atoms with Crippen LogP contribution in [0.3, 0.4) is 0 Å². The van der Waals surface area contributed by atoms with Gasteiger partial charge in [-0.2, -0.15) is 5.26 Å². The van der Waals surface area contributed by atoms with Crippen LogP contribution >= 0.6 is 0 Å². The topological polar surface area (TPSA) is 50.1 Å². The molecular weight excluding hydrogens is 396 g/mol. The second-order valence-corrected chi connectivity index (χ2v) is 8.71. The summed E-state index contributed by atoms with van der Waals surface area (Å²) < 4.78 is 33.4. The average Bonchev–Trinajstić information content (AvgIpc) is 2.74. The van der Waals surface area contributed by atoms with Gasteiger partial charge in [0.05, 0.1) is 11.1 Å². The Morgan fingerprint density at radius 3 is 2.48 bits per heavy atom. The van der Waals surface area contributed by atoms with Crippen LogP contribution in [0, 0.1) is 40.7 Å². The highest BCUT2D eigenvalue weighted by Crippen LogP contribution is 2.36.